The van der Waals surface area contributed by atoms with Gasteiger partial charge in [0.25, 0.3) is 0 Å². The van der Waals surface area contributed by atoms with Gasteiger partial charge in [0.15, 0.2) is 0 Å². The highest BCUT2D eigenvalue weighted by Crippen LogP contribution is 2.24. The van der Waals surface area contributed by atoms with Gasteiger partial charge in [-0.3, -0.25) is 14.5 Å². The number of ether oxygens (including phenoxy) is 2. The van der Waals surface area contributed by atoms with Crippen LogP contribution in [-0.4, -0.2) is 50.1 Å². The fourth-order valence-electron chi connectivity index (χ4n) is 3.23. The van der Waals surface area contributed by atoms with Crippen LogP contribution in [0.5, 0.6) is 11.5 Å². The van der Waals surface area contributed by atoms with Gasteiger partial charge in [-0.25, -0.2) is 0 Å². The predicted molar refractivity (Wildman–Crippen MR) is 102 cm³/mol. The first-order chi connectivity index (χ1) is 13.6. The second-order valence-corrected chi connectivity index (χ2v) is 6.57. The van der Waals surface area contributed by atoms with Crippen LogP contribution in [0, 0.1) is 0 Å². The second kappa shape index (κ2) is 9.27. The van der Waals surface area contributed by atoms with Crippen LogP contribution in [0.2, 0.25) is 0 Å². The maximum Gasteiger partial charge on any atom is 0.237 e. The van der Waals surface area contributed by atoms with Gasteiger partial charge in [0.1, 0.15) is 11.5 Å². The Kier molecular flexibility index (Phi) is 6.54. The van der Waals surface area contributed by atoms with Crippen molar-refractivity contribution in [3.63, 3.8) is 0 Å². The van der Waals surface area contributed by atoms with Crippen LogP contribution in [0.15, 0.2) is 41.2 Å². The normalized spacial score (nSPS) is 17.1. The molecular formula is C20H25N3O5. The minimum Gasteiger partial charge on any atom is -0.497 e. The number of carbonyl (C=O) groups excluding carboxylic acids is 2. The summed E-state index contributed by atoms with van der Waals surface area (Å²) in [5.41, 5.74) is 1.81. The first-order valence-electron chi connectivity index (χ1n) is 9.11. The smallest absolute Gasteiger partial charge is 0.237 e. The van der Waals surface area contributed by atoms with Crippen LogP contribution in [0.25, 0.3) is 0 Å². The first kappa shape index (κ1) is 19.8. The second-order valence-electron chi connectivity index (χ2n) is 6.57. The summed E-state index contributed by atoms with van der Waals surface area (Å²) >= 11 is 0. The molecule has 0 spiro atoms. The molecule has 0 aliphatic carbocycles. The Morgan fingerprint density at radius 2 is 2.18 bits per heavy atom. The molecule has 0 radical (unpaired) electrons. The third-order valence-corrected chi connectivity index (χ3v) is 4.76. The van der Waals surface area contributed by atoms with Gasteiger partial charge in [-0.1, -0.05) is 0 Å². The van der Waals surface area contributed by atoms with Crippen molar-refractivity contribution in [2.24, 2.45) is 0 Å². The molecule has 0 saturated carbocycles. The number of amides is 2. The van der Waals surface area contributed by atoms with E-state index in [1.165, 1.54) is 0 Å². The Hall–Kier alpha value is -3.00. The van der Waals surface area contributed by atoms with Crippen LogP contribution in [0.4, 0.5) is 0 Å². The number of hydrogen-bond donors (Lipinski definition) is 2. The third-order valence-electron chi connectivity index (χ3n) is 4.76. The van der Waals surface area contributed by atoms with Gasteiger partial charge in [0, 0.05) is 43.4 Å². The lowest BCUT2D eigenvalue weighted by atomic mass is 10.1. The maximum atomic E-state index is 12.5. The molecule has 2 N–H and O–H groups in total. The number of nitrogens with zero attached hydrogens (tertiary/aromatic N) is 1. The highest BCUT2D eigenvalue weighted by atomic mass is 16.5. The quantitative estimate of drug-likeness (QED) is 0.709. The number of methoxy groups -OCH3 is 2. The van der Waals surface area contributed by atoms with E-state index in [4.69, 9.17) is 13.9 Å². The molecule has 150 valence electrons. The van der Waals surface area contributed by atoms with Gasteiger partial charge in [-0.05, 0) is 18.2 Å². The lowest BCUT2D eigenvalue weighted by Gasteiger charge is -2.34. The number of rotatable bonds is 8. The van der Waals surface area contributed by atoms with Crippen molar-refractivity contribution >= 4 is 11.8 Å². The number of furan rings is 1. The fraction of sp³-hybridized carbons (Fsp3) is 0.400. The van der Waals surface area contributed by atoms with Crippen molar-refractivity contribution in [1.82, 2.24) is 15.5 Å². The Balaban J connectivity index is 1.60. The summed E-state index contributed by atoms with van der Waals surface area (Å²) in [4.78, 5) is 26.8. The first-order valence-corrected chi connectivity index (χ1v) is 9.11. The molecule has 8 nitrogen and oxygen atoms in total. The lowest BCUT2D eigenvalue weighted by molar-refractivity contribution is -0.134. The Labute approximate surface area is 163 Å². The standard InChI is InChI=1S/C20H25N3O5/c1-26-16-4-3-15(18(9-16)27-2)11-22-19(24)10-17-20(25)21-6-7-23(17)12-14-5-8-28-13-14/h3-5,8-9,13,17H,6-7,10-12H2,1-2H3,(H,21,25)(H,22,24). The van der Waals surface area contributed by atoms with Crippen molar-refractivity contribution in [2.75, 3.05) is 27.3 Å². The summed E-state index contributed by atoms with van der Waals surface area (Å²) < 4.78 is 15.6. The van der Waals surface area contributed by atoms with Gasteiger partial charge in [-0.2, -0.15) is 0 Å². The minimum atomic E-state index is -0.513. The van der Waals surface area contributed by atoms with E-state index in [-0.39, 0.29) is 18.2 Å². The van der Waals surface area contributed by atoms with Crippen molar-refractivity contribution in [3.8, 4) is 11.5 Å². The predicted octanol–water partition coefficient (Wildman–Crippen LogP) is 1.30. The molecule has 2 heterocycles. The highest BCUT2D eigenvalue weighted by Gasteiger charge is 2.31. The number of hydrogen-bond acceptors (Lipinski definition) is 6. The van der Waals surface area contributed by atoms with E-state index >= 15 is 0 Å². The van der Waals surface area contributed by atoms with Gasteiger partial charge in [-0.15, -0.1) is 0 Å². The largest absolute Gasteiger partial charge is 0.497 e. The van der Waals surface area contributed by atoms with Crippen LogP contribution in [0.1, 0.15) is 17.5 Å². The van der Waals surface area contributed by atoms with Crippen LogP contribution in [0.3, 0.4) is 0 Å². The topological polar surface area (TPSA) is 93.0 Å². The van der Waals surface area contributed by atoms with E-state index in [0.29, 0.717) is 37.7 Å². The molecule has 2 aromatic rings. The van der Waals surface area contributed by atoms with E-state index < -0.39 is 6.04 Å². The molecule has 0 bridgehead atoms. The molecule has 1 unspecified atom stereocenters. The summed E-state index contributed by atoms with van der Waals surface area (Å²) in [7, 11) is 3.15. The average Bonchev–Trinajstić information content (AvgIpc) is 3.22. The molecule has 1 saturated heterocycles. The minimum absolute atomic E-state index is 0.0855. The molecule has 8 heteroatoms. The Morgan fingerprint density at radius 1 is 1.32 bits per heavy atom. The number of carbonyl (C=O) groups is 2. The monoisotopic (exact) mass is 387 g/mol. The van der Waals surface area contributed by atoms with Gasteiger partial charge >= 0.3 is 0 Å². The number of benzene rings is 1. The highest BCUT2D eigenvalue weighted by molar-refractivity contribution is 5.88. The summed E-state index contributed by atoms with van der Waals surface area (Å²) in [5, 5.41) is 5.71. The molecule has 3 rings (SSSR count). The molecule has 1 aliphatic heterocycles. The third kappa shape index (κ3) is 4.83. The Morgan fingerprint density at radius 3 is 2.89 bits per heavy atom. The molecule has 2 amide bonds. The average molecular weight is 387 g/mol. The summed E-state index contributed by atoms with van der Waals surface area (Å²) in [5.74, 6) is 0.987. The molecule has 1 fully saturated rings. The number of piperazine rings is 1. The SMILES string of the molecule is COc1ccc(CNC(=O)CC2C(=O)NCCN2Cc2ccoc2)c(OC)c1. The Bertz CT molecular complexity index is 806. The fourth-order valence-corrected chi connectivity index (χ4v) is 3.23. The molecule has 1 atom stereocenters. The zero-order valence-electron chi connectivity index (χ0n) is 16.1. The zero-order chi connectivity index (χ0) is 19.9. The van der Waals surface area contributed by atoms with Crippen LogP contribution >= 0.6 is 0 Å². The van der Waals surface area contributed by atoms with Crippen molar-refractivity contribution in [3.05, 3.63) is 47.9 Å². The lowest BCUT2D eigenvalue weighted by Crippen LogP contribution is -2.56. The van der Waals surface area contributed by atoms with Crippen LogP contribution in [-0.2, 0) is 22.7 Å². The summed E-state index contributed by atoms with van der Waals surface area (Å²) in [6, 6.07) is 6.77. The number of nitrogens with one attached hydrogen (secondary N) is 2. The van der Waals surface area contributed by atoms with Gasteiger partial charge in [0.05, 0.1) is 39.2 Å². The molecule has 1 aliphatic rings. The zero-order valence-corrected chi connectivity index (χ0v) is 16.1. The van der Waals surface area contributed by atoms with Crippen molar-refractivity contribution in [2.45, 2.75) is 25.6 Å². The van der Waals surface area contributed by atoms with Crippen molar-refractivity contribution < 1.29 is 23.5 Å². The van der Waals surface area contributed by atoms with E-state index in [0.717, 1.165) is 11.1 Å². The molecule has 28 heavy (non-hydrogen) atoms. The van der Waals surface area contributed by atoms with E-state index in [1.54, 1.807) is 32.8 Å². The molecular weight excluding hydrogens is 362 g/mol. The summed E-state index contributed by atoms with van der Waals surface area (Å²) in [6.45, 7) is 2.12. The molecule has 1 aromatic carbocycles. The van der Waals surface area contributed by atoms with Gasteiger partial charge < -0.3 is 24.5 Å². The van der Waals surface area contributed by atoms with Gasteiger partial charge in [0.2, 0.25) is 11.8 Å². The summed E-state index contributed by atoms with van der Waals surface area (Å²) in [6.07, 6.45) is 3.34. The maximum absolute atomic E-state index is 12.5. The van der Waals surface area contributed by atoms with E-state index in [2.05, 4.69) is 10.6 Å². The van der Waals surface area contributed by atoms with E-state index in [9.17, 15) is 9.59 Å². The molecule has 1 aromatic heterocycles. The van der Waals surface area contributed by atoms with Crippen molar-refractivity contribution in [1.29, 1.82) is 0 Å². The van der Waals surface area contributed by atoms with E-state index in [1.807, 2.05) is 23.1 Å². The van der Waals surface area contributed by atoms with Crippen LogP contribution < -0.4 is 20.1 Å².